The summed E-state index contributed by atoms with van der Waals surface area (Å²) < 4.78 is 13.3. The van der Waals surface area contributed by atoms with E-state index in [4.69, 9.17) is 9.15 Å². The van der Waals surface area contributed by atoms with Gasteiger partial charge in [0, 0.05) is 0 Å². The van der Waals surface area contributed by atoms with Crippen molar-refractivity contribution in [3.63, 3.8) is 0 Å². The lowest BCUT2D eigenvalue weighted by Crippen LogP contribution is -1.95. The summed E-state index contributed by atoms with van der Waals surface area (Å²) in [5.41, 5.74) is 2.85. The fourth-order valence-corrected chi connectivity index (χ4v) is 3.57. The average molecular weight is 368 g/mol. The molecule has 2 aromatic heterocycles. The molecule has 134 valence electrons. The monoisotopic (exact) mass is 368 g/mol. The van der Waals surface area contributed by atoms with Crippen LogP contribution < -0.4 is 4.74 Å². The van der Waals surface area contributed by atoms with Gasteiger partial charge in [0.25, 0.3) is 0 Å². The summed E-state index contributed by atoms with van der Waals surface area (Å²) in [4.78, 5) is 0. The summed E-state index contributed by atoms with van der Waals surface area (Å²) in [7, 11) is 0. The van der Waals surface area contributed by atoms with Gasteiger partial charge in [0.1, 0.15) is 30.2 Å². The van der Waals surface area contributed by atoms with Crippen molar-refractivity contribution in [1.29, 1.82) is 0 Å². The second-order valence-electron chi connectivity index (χ2n) is 6.01. The molecular weight excluding hydrogens is 348 g/mol. The van der Waals surface area contributed by atoms with Crippen LogP contribution in [0.25, 0.3) is 0 Å². The first-order chi connectivity index (χ1) is 12.8. The third kappa shape index (κ3) is 3.83. The van der Waals surface area contributed by atoms with Gasteiger partial charge in [-0.15, -0.1) is 10.2 Å². The standard InChI is InChI=1S/C19H20N4O2S/c1-2-26-19-22-20-13-23(19)21-11-17-8-9-18(25-17)12-24-16-7-6-14-4-3-5-15(14)10-16/h6-11,13H,2-5,12H2,1H3/b21-11-. The van der Waals surface area contributed by atoms with Crippen molar-refractivity contribution in [2.24, 2.45) is 5.10 Å². The first-order valence-electron chi connectivity index (χ1n) is 8.72. The second kappa shape index (κ2) is 7.78. The minimum absolute atomic E-state index is 0.399. The highest BCUT2D eigenvalue weighted by molar-refractivity contribution is 7.99. The maximum Gasteiger partial charge on any atom is 0.211 e. The molecule has 2 heterocycles. The largest absolute Gasteiger partial charge is 0.486 e. The van der Waals surface area contributed by atoms with E-state index in [9.17, 15) is 0 Å². The Bertz CT molecular complexity index is 916. The summed E-state index contributed by atoms with van der Waals surface area (Å²) in [5.74, 6) is 3.24. The lowest BCUT2D eigenvalue weighted by atomic mass is 10.1. The lowest BCUT2D eigenvalue weighted by Gasteiger charge is -2.06. The highest BCUT2D eigenvalue weighted by Crippen LogP contribution is 2.26. The SMILES string of the molecule is CCSc1nncn1/N=C\c1ccc(COc2ccc3c(c2)CCC3)o1. The Labute approximate surface area is 156 Å². The summed E-state index contributed by atoms with van der Waals surface area (Å²) >= 11 is 1.59. The van der Waals surface area contributed by atoms with Crippen molar-refractivity contribution < 1.29 is 9.15 Å². The molecule has 3 aromatic rings. The molecule has 0 spiro atoms. The Morgan fingerprint density at radius 2 is 2.19 bits per heavy atom. The molecular formula is C19H20N4O2S. The van der Waals surface area contributed by atoms with Crippen LogP contribution in [0.1, 0.15) is 36.0 Å². The van der Waals surface area contributed by atoms with E-state index in [1.54, 1.807) is 29.0 Å². The van der Waals surface area contributed by atoms with Crippen LogP contribution in [0, 0.1) is 0 Å². The summed E-state index contributed by atoms with van der Waals surface area (Å²) in [5, 5.41) is 13.0. The number of hydrogen-bond acceptors (Lipinski definition) is 6. The van der Waals surface area contributed by atoms with Gasteiger partial charge in [-0.1, -0.05) is 24.8 Å². The molecule has 0 aliphatic heterocycles. The lowest BCUT2D eigenvalue weighted by molar-refractivity contribution is 0.269. The molecule has 0 atom stereocenters. The molecule has 0 radical (unpaired) electrons. The zero-order chi connectivity index (χ0) is 17.8. The summed E-state index contributed by atoms with van der Waals surface area (Å²) in [6, 6.07) is 10.1. The average Bonchev–Trinajstić information content (AvgIpc) is 3.39. The van der Waals surface area contributed by atoms with E-state index < -0.39 is 0 Å². The number of hydrogen-bond donors (Lipinski definition) is 0. The Hall–Kier alpha value is -2.54. The van der Waals surface area contributed by atoms with Gasteiger partial charge in [0.2, 0.25) is 5.16 Å². The number of ether oxygens (including phenoxy) is 1. The Morgan fingerprint density at radius 3 is 3.12 bits per heavy atom. The molecule has 0 unspecified atom stereocenters. The van der Waals surface area contributed by atoms with E-state index in [0.29, 0.717) is 12.4 Å². The Kier molecular flexibility index (Phi) is 5.06. The van der Waals surface area contributed by atoms with Crippen LogP contribution in [-0.2, 0) is 19.4 Å². The van der Waals surface area contributed by atoms with Crippen LogP contribution in [0.2, 0.25) is 0 Å². The topological polar surface area (TPSA) is 65.4 Å². The van der Waals surface area contributed by atoms with E-state index in [2.05, 4.69) is 34.4 Å². The van der Waals surface area contributed by atoms with E-state index >= 15 is 0 Å². The fraction of sp³-hybridized carbons (Fsp3) is 0.316. The summed E-state index contributed by atoms with van der Waals surface area (Å²) in [6.07, 6.45) is 6.80. The van der Waals surface area contributed by atoms with E-state index in [-0.39, 0.29) is 0 Å². The van der Waals surface area contributed by atoms with Gasteiger partial charge in [-0.2, -0.15) is 9.78 Å². The third-order valence-corrected chi connectivity index (χ3v) is 5.03. The van der Waals surface area contributed by atoms with E-state index in [1.165, 1.54) is 24.0 Å². The molecule has 26 heavy (non-hydrogen) atoms. The van der Waals surface area contributed by atoms with Gasteiger partial charge >= 0.3 is 0 Å². The molecule has 0 N–H and O–H groups in total. The van der Waals surface area contributed by atoms with Gasteiger partial charge in [0.15, 0.2) is 0 Å². The molecule has 4 rings (SSSR count). The van der Waals surface area contributed by atoms with Gasteiger partial charge < -0.3 is 9.15 Å². The molecule has 0 saturated heterocycles. The Balaban J connectivity index is 1.37. The number of aryl methyl sites for hydroxylation is 2. The normalized spacial score (nSPS) is 13.4. The first kappa shape index (κ1) is 16.9. The number of furan rings is 1. The smallest absolute Gasteiger partial charge is 0.211 e. The maximum atomic E-state index is 5.87. The van der Waals surface area contributed by atoms with Gasteiger partial charge in [-0.05, 0) is 60.4 Å². The predicted octanol–water partition coefficient (Wildman–Crippen LogP) is 3.93. The number of rotatable bonds is 7. The summed E-state index contributed by atoms with van der Waals surface area (Å²) in [6.45, 7) is 2.46. The maximum absolute atomic E-state index is 5.87. The van der Waals surface area contributed by atoms with Crippen molar-refractivity contribution in [3.8, 4) is 5.75 Å². The molecule has 0 amide bonds. The minimum atomic E-state index is 0.399. The van der Waals surface area contributed by atoms with Crippen molar-refractivity contribution in [3.05, 3.63) is 59.3 Å². The fourth-order valence-electron chi connectivity index (χ4n) is 2.98. The molecule has 1 aromatic carbocycles. The highest BCUT2D eigenvalue weighted by atomic mass is 32.2. The van der Waals surface area contributed by atoms with Gasteiger partial charge in [-0.25, -0.2) is 0 Å². The number of nitrogens with zero attached hydrogens (tertiary/aromatic N) is 4. The quantitative estimate of drug-likeness (QED) is 0.467. The van der Waals surface area contributed by atoms with Crippen LogP contribution >= 0.6 is 11.8 Å². The van der Waals surface area contributed by atoms with Crippen molar-refractivity contribution in [1.82, 2.24) is 14.9 Å². The molecule has 7 heteroatoms. The van der Waals surface area contributed by atoms with Crippen LogP contribution in [0.5, 0.6) is 5.75 Å². The van der Waals surface area contributed by atoms with Crippen LogP contribution in [0.3, 0.4) is 0 Å². The van der Waals surface area contributed by atoms with Crippen molar-refractivity contribution >= 4 is 18.0 Å². The van der Waals surface area contributed by atoms with E-state index in [1.807, 2.05) is 18.2 Å². The zero-order valence-corrected chi connectivity index (χ0v) is 15.4. The molecule has 1 aliphatic carbocycles. The van der Waals surface area contributed by atoms with Crippen molar-refractivity contribution in [2.75, 3.05) is 5.75 Å². The minimum Gasteiger partial charge on any atom is -0.486 e. The van der Waals surface area contributed by atoms with Crippen LogP contribution in [0.15, 0.2) is 51.3 Å². The first-order valence-corrected chi connectivity index (χ1v) is 9.71. The highest BCUT2D eigenvalue weighted by Gasteiger charge is 2.11. The zero-order valence-electron chi connectivity index (χ0n) is 14.6. The van der Waals surface area contributed by atoms with E-state index in [0.717, 1.165) is 28.8 Å². The molecule has 0 fully saturated rings. The van der Waals surface area contributed by atoms with Gasteiger partial charge in [-0.3, -0.25) is 0 Å². The van der Waals surface area contributed by atoms with Crippen LogP contribution in [-0.4, -0.2) is 26.8 Å². The molecule has 1 aliphatic rings. The second-order valence-corrected chi connectivity index (χ2v) is 7.24. The third-order valence-electron chi connectivity index (χ3n) is 4.22. The number of aromatic nitrogens is 3. The van der Waals surface area contributed by atoms with Gasteiger partial charge in [0.05, 0.1) is 6.21 Å². The van der Waals surface area contributed by atoms with Crippen molar-refractivity contribution in [2.45, 2.75) is 37.9 Å². The Morgan fingerprint density at radius 1 is 1.27 bits per heavy atom. The number of fused-ring (bicyclic) bond motifs is 1. The molecule has 0 bridgehead atoms. The number of thioether (sulfide) groups is 1. The van der Waals surface area contributed by atoms with Crippen LogP contribution in [0.4, 0.5) is 0 Å². The predicted molar refractivity (Wildman–Crippen MR) is 101 cm³/mol. The number of benzene rings is 1. The molecule has 6 nitrogen and oxygen atoms in total. The molecule has 0 saturated carbocycles.